The minimum atomic E-state index is -4.42. The van der Waals surface area contributed by atoms with Crippen LogP contribution in [-0.2, 0) is 6.18 Å². The van der Waals surface area contributed by atoms with Crippen molar-refractivity contribution in [1.82, 2.24) is 4.98 Å². The first-order chi connectivity index (χ1) is 11.9. The van der Waals surface area contributed by atoms with Crippen LogP contribution in [0, 0.1) is 0 Å². The molecule has 0 bridgehead atoms. The summed E-state index contributed by atoms with van der Waals surface area (Å²) in [5, 5.41) is 2.64. The molecular formula is C17H13F3N4O. The van der Waals surface area contributed by atoms with Crippen molar-refractivity contribution in [2.75, 3.05) is 5.32 Å². The summed E-state index contributed by atoms with van der Waals surface area (Å²) in [6.07, 6.45) is -1.50. The number of nitrogens with two attached hydrogens (primary N) is 1. The highest BCUT2D eigenvalue weighted by molar-refractivity contribution is 5.94. The van der Waals surface area contributed by atoms with Crippen LogP contribution >= 0.6 is 0 Å². The molecule has 3 aromatic rings. The number of alkyl halides is 3. The van der Waals surface area contributed by atoms with Crippen LogP contribution in [0.3, 0.4) is 0 Å². The third kappa shape index (κ3) is 4.17. The van der Waals surface area contributed by atoms with Gasteiger partial charge in [-0.3, -0.25) is 0 Å². The molecule has 1 aromatic heterocycles. The second kappa shape index (κ2) is 6.68. The zero-order valence-electron chi connectivity index (χ0n) is 12.8. The molecule has 1 heterocycles. The molecule has 0 saturated carbocycles. The van der Waals surface area contributed by atoms with Crippen molar-refractivity contribution in [2.45, 2.75) is 6.18 Å². The number of anilines is 1. The summed E-state index contributed by atoms with van der Waals surface area (Å²) in [4.78, 5) is 7.96. The Bertz CT molecular complexity index is 872. The van der Waals surface area contributed by atoms with E-state index < -0.39 is 11.7 Å². The molecule has 3 N–H and O–H groups in total. The van der Waals surface area contributed by atoms with Gasteiger partial charge in [-0.25, -0.2) is 9.98 Å². The summed E-state index contributed by atoms with van der Waals surface area (Å²) < 4.78 is 43.3. The van der Waals surface area contributed by atoms with Gasteiger partial charge in [-0.05, 0) is 42.5 Å². The monoisotopic (exact) mass is 346 g/mol. The lowest BCUT2D eigenvalue weighted by molar-refractivity contribution is -0.137. The first-order valence-corrected chi connectivity index (χ1v) is 7.19. The van der Waals surface area contributed by atoms with E-state index in [0.29, 0.717) is 11.4 Å². The number of nitrogens with one attached hydrogen (secondary N) is 1. The molecule has 2 aromatic carbocycles. The van der Waals surface area contributed by atoms with Crippen molar-refractivity contribution in [1.29, 1.82) is 0 Å². The van der Waals surface area contributed by atoms with Gasteiger partial charge in [0, 0.05) is 11.3 Å². The Kier molecular flexibility index (Phi) is 4.42. The van der Waals surface area contributed by atoms with Gasteiger partial charge in [-0.2, -0.15) is 13.2 Å². The SMILES string of the molecule is NC(=Nc1ccc(-c2cnco2)cc1)Nc1cccc(C(F)(F)F)c1. The minimum absolute atomic E-state index is 0.0215. The Labute approximate surface area is 141 Å². The Morgan fingerprint density at radius 1 is 1.12 bits per heavy atom. The number of benzene rings is 2. The third-order valence-electron chi connectivity index (χ3n) is 3.30. The Hall–Kier alpha value is -3.29. The summed E-state index contributed by atoms with van der Waals surface area (Å²) in [6.45, 7) is 0. The first kappa shape index (κ1) is 16.6. The minimum Gasteiger partial charge on any atom is -0.444 e. The molecule has 3 rings (SSSR count). The fourth-order valence-electron chi connectivity index (χ4n) is 2.15. The van der Waals surface area contributed by atoms with E-state index >= 15 is 0 Å². The summed E-state index contributed by atoms with van der Waals surface area (Å²) >= 11 is 0. The molecule has 0 unspecified atom stereocenters. The molecule has 0 aliphatic carbocycles. The van der Waals surface area contributed by atoms with Crippen LogP contribution in [-0.4, -0.2) is 10.9 Å². The van der Waals surface area contributed by atoms with Crippen LogP contribution in [0.15, 0.2) is 70.5 Å². The van der Waals surface area contributed by atoms with Crippen molar-refractivity contribution < 1.29 is 17.6 Å². The van der Waals surface area contributed by atoms with E-state index in [-0.39, 0.29) is 11.6 Å². The summed E-state index contributed by atoms with van der Waals surface area (Å²) in [5.74, 6) is 0.595. The lowest BCUT2D eigenvalue weighted by atomic mass is 10.2. The number of halogens is 3. The molecule has 0 fully saturated rings. The van der Waals surface area contributed by atoms with E-state index in [1.165, 1.54) is 18.5 Å². The molecule has 5 nitrogen and oxygen atoms in total. The van der Waals surface area contributed by atoms with Crippen molar-refractivity contribution >= 4 is 17.3 Å². The van der Waals surface area contributed by atoms with E-state index in [1.54, 1.807) is 30.5 Å². The van der Waals surface area contributed by atoms with E-state index in [9.17, 15) is 13.2 Å². The maximum absolute atomic E-state index is 12.7. The number of hydrogen-bond acceptors (Lipinski definition) is 3. The highest BCUT2D eigenvalue weighted by Gasteiger charge is 2.30. The number of aromatic nitrogens is 1. The van der Waals surface area contributed by atoms with Crippen LogP contribution in [0.5, 0.6) is 0 Å². The van der Waals surface area contributed by atoms with E-state index in [4.69, 9.17) is 10.2 Å². The fourth-order valence-corrected chi connectivity index (χ4v) is 2.15. The van der Waals surface area contributed by atoms with Crippen LogP contribution in [0.1, 0.15) is 5.56 Å². The third-order valence-corrected chi connectivity index (χ3v) is 3.30. The predicted molar refractivity (Wildman–Crippen MR) is 88.3 cm³/mol. The van der Waals surface area contributed by atoms with Gasteiger partial charge in [0.2, 0.25) is 0 Å². The molecule has 0 aliphatic heterocycles. The average Bonchev–Trinajstić information content (AvgIpc) is 3.09. The number of guanidine groups is 1. The number of nitrogens with zero attached hydrogens (tertiary/aromatic N) is 2. The van der Waals surface area contributed by atoms with Gasteiger partial charge in [-0.1, -0.05) is 6.07 Å². The number of aliphatic imine (C=N–C) groups is 1. The smallest absolute Gasteiger partial charge is 0.416 e. The van der Waals surface area contributed by atoms with E-state index in [1.807, 2.05) is 0 Å². The van der Waals surface area contributed by atoms with Gasteiger partial charge in [0.15, 0.2) is 18.1 Å². The van der Waals surface area contributed by atoms with Gasteiger partial charge in [0.05, 0.1) is 17.4 Å². The number of rotatable bonds is 3. The van der Waals surface area contributed by atoms with Crippen molar-refractivity contribution in [3.8, 4) is 11.3 Å². The zero-order valence-corrected chi connectivity index (χ0v) is 12.8. The van der Waals surface area contributed by atoms with Crippen molar-refractivity contribution in [2.24, 2.45) is 10.7 Å². The number of oxazole rings is 1. The first-order valence-electron chi connectivity index (χ1n) is 7.19. The summed E-state index contributed by atoms with van der Waals surface area (Å²) in [7, 11) is 0. The highest BCUT2D eigenvalue weighted by Crippen LogP contribution is 2.30. The molecule has 128 valence electrons. The topological polar surface area (TPSA) is 76.4 Å². The Balaban J connectivity index is 1.74. The van der Waals surface area contributed by atoms with Crippen LogP contribution in [0.2, 0.25) is 0 Å². The van der Waals surface area contributed by atoms with Crippen LogP contribution in [0.4, 0.5) is 24.5 Å². The lowest BCUT2D eigenvalue weighted by Crippen LogP contribution is -2.22. The normalized spacial score (nSPS) is 12.2. The quantitative estimate of drug-likeness (QED) is 0.544. The van der Waals surface area contributed by atoms with Gasteiger partial charge in [0.25, 0.3) is 0 Å². The Morgan fingerprint density at radius 2 is 1.88 bits per heavy atom. The zero-order chi connectivity index (χ0) is 17.9. The molecule has 0 atom stereocenters. The summed E-state index contributed by atoms with van der Waals surface area (Å²) in [5.41, 5.74) is 6.56. The van der Waals surface area contributed by atoms with E-state index in [0.717, 1.165) is 17.7 Å². The van der Waals surface area contributed by atoms with Crippen LogP contribution in [0.25, 0.3) is 11.3 Å². The van der Waals surface area contributed by atoms with Crippen molar-refractivity contribution in [3.05, 3.63) is 66.7 Å². The summed E-state index contributed by atoms with van der Waals surface area (Å²) in [6, 6.07) is 11.7. The van der Waals surface area contributed by atoms with Crippen molar-refractivity contribution in [3.63, 3.8) is 0 Å². The molecular weight excluding hydrogens is 333 g/mol. The highest BCUT2D eigenvalue weighted by atomic mass is 19.4. The predicted octanol–water partition coefficient (Wildman–Crippen LogP) is 4.42. The standard InChI is InChI=1S/C17H13F3N4O/c18-17(19,20)12-2-1-3-14(8-12)24-16(21)23-13-6-4-11(5-7-13)15-9-22-10-25-15/h1-10H,(H3,21,23,24). The molecule has 0 saturated heterocycles. The molecule has 8 heteroatoms. The second-order valence-corrected chi connectivity index (χ2v) is 5.11. The van der Waals surface area contributed by atoms with Gasteiger partial charge >= 0.3 is 6.18 Å². The molecule has 0 radical (unpaired) electrons. The lowest BCUT2D eigenvalue weighted by Gasteiger charge is -2.10. The maximum atomic E-state index is 12.7. The molecule has 0 spiro atoms. The Morgan fingerprint density at radius 3 is 2.52 bits per heavy atom. The molecule has 0 aliphatic rings. The molecule has 0 amide bonds. The van der Waals surface area contributed by atoms with E-state index in [2.05, 4.69) is 15.3 Å². The second-order valence-electron chi connectivity index (χ2n) is 5.11. The van der Waals surface area contributed by atoms with Gasteiger partial charge < -0.3 is 15.5 Å². The maximum Gasteiger partial charge on any atom is 0.416 e. The molecule has 25 heavy (non-hydrogen) atoms. The van der Waals surface area contributed by atoms with Gasteiger partial charge in [-0.15, -0.1) is 0 Å². The van der Waals surface area contributed by atoms with Crippen LogP contribution < -0.4 is 11.1 Å². The number of hydrogen-bond donors (Lipinski definition) is 2. The largest absolute Gasteiger partial charge is 0.444 e. The average molecular weight is 346 g/mol. The fraction of sp³-hybridized carbons (Fsp3) is 0.0588. The van der Waals surface area contributed by atoms with Gasteiger partial charge in [0.1, 0.15) is 0 Å².